The van der Waals surface area contributed by atoms with Gasteiger partial charge in [0.05, 0.1) is 24.0 Å². The summed E-state index contributed by atoms with van der Waals surface area (Å²) in [4.78, 5) is 20.5. The normalized spacial score (nSPS) is 18.9. The summed E-state index contributed by atoms with van der Waals surface area (Å²) in [7, 11) is 0. The molecule has 1 aliphatic heterocycles. The number of rotatable bonds is 3. The highest BCUT2D eigenvalue weighted by Gasteiger charge is 2.32. The fraction of sp³-hybridized carbons (Fsp3) is 0.583. The fourth-order valence-electron chi connectivity index (χ4n) is 1.95. The lowest BCUT2D eigenvalue weighted by atomic mass is 10.1. The number of nitrogens with zero attached hydrogens (tertiary/aromatic N) is 3. The van der Waals surface area contributed by atoms with E-state index in [4.69, 9.17) is 16.3 Å². The minimum Gasteiger partial charge on any atom is -0.458 e. The number of ether oxygens (including phenoxy) is 2. The highest BCUT2D eigenvalue weighted by molar-refractivity contribution is 6.30. The third kappa shape index (κ3) is 5.21. The van der Waals surface area contributed by atoms with Crippen molar-refractivity contribution in [2.24, 2.45) is 0 Å². The van der Waals surface area contributed by atoms with Gasteiger partial charge in [-0.15, -0.1) is 0 Å². The lowest BCUT2D eigenvalue weighted by Gasteiger charge is -2.31. The van der Waals surface area contributed by atoms with Crippen LogP contribution in [0.5, 0.6) is 6.01 Å². The maximum Gasteiger partial charge on any atom is 0.422 e. The molecular weight excluding hydrogens is 327 g/mol. The number of aromatic nitrogens is 2. The van der Waals surface area contributed by atoms with Crippen LogP contribution in [0.2, 0.25) is 5.02 Å². The van der Waals surface area contributed by atoms with E-state index in [2.05, 4.69) is 14.7 Å². The molecule has 0 radical (unpaired) electrons. The Kier molecular flexibility index (Phi) is 5.28. The summed E-state index contributed by atoms with van der Waals surface area (Å²) < 4.78 is 45.8. The van der Waals surface area contributed by atoms with Gasteiger partial charge in [-0.1, -0.05) is 11.6 Å². The molecule has 2 rings (SSSR count). The van der Waals surface area contributed by atoms with Crippen molar-refractivity contribution >= 4 is 17.7 Å². The van der Waals surface area contributed by atoms with Crippen molar-refractivity contribution in [1.82, 2.24) is 14.9 Å². The first kappa shape index (κ1) is 16.6. The number of likely N-dealkylation sites (tertiary alicyclic amines) is 1. The summed E-state index contributed by atoms with van der Waals surface area (Å²) in [5, 5.41) is 0.355. The van der Waals surface area contributed by atoms with Gasteiger partial charge >= 0.3 is 18.3 Å². The fourth-order valence-corrected chi connectivity index (χ4v) is 2.04. The average Bonchev–Trinajstić information content (AvgIpc) is 2.47. The highest BCUT2D eigenvalue weighted by atomic mass is 35.5. The molecule has 0 saturated carbocycles. The zero-order valence-corrected chi connectivity index (χ0v) is 12.1. The van der Waals surface area contributed by atoms with Crippen molar-refractivity contribution in [3.8, 4) is 6.01 Å². The van der Waals surface area contributed by atoms with E-state index in [1.54, 1.807) is 0 Å². The summed E-state index contributed by atoms with van der Waals surface area (Å²) in [5.74, 6) is 0. The summed E-state index contributed by atoms with van der Waals surface area (Å²) in [6, 6.07) is 0.0971. The summed E-state index contributed by atoms with van der Waals surface area (Å²) >= 11 is 5.65. The first-order valence-electron chi connectivity index (χ1n) is 6.46. The van der Waals surface area contributed by atoms with Gasteiger partial charge in [-0.3, -0.25) is 0 Å². The number of carbonyl (C=O) groups is 1. The number of carbonyl (C=O) groups excluding carboxylic acids is 1. The molecule has 2 heterocycles. The molecule has 22 heavy (non-hydrogen) atoms. The Bertz CT molecular complexity index is 513. The quantitative estimate of drug-likeness (QED) is 0.847. The third-order valence-corrected chi connectivity index (χ3v) is 3.06. The molecule has 1 aromatic rings. The molecule has 1 aliphatic rings. The van der Waals surface area contributed by atoms with Gasteiger partial charge in [0.1, 0.15) is 6.10 Å². The van der Waals surface area contributed by atoms with Crippen LogP contribution in [0.4, 0.5) is 18.0 Å². The maximum atomic E-state index is 12.0. The maximum absolute atomic E-state index is 12.0. The molecule has 1 fully saturated rings. The van der Waals surface area contributed by atoms with E-state index in [1.807, 2.05) is 0 Å². The van der Waals surface area contributed by atoms with Gasteiger partial charge in [-0.05, 0) is 12.8 Å². The second kappa shape index (κ2) is 6.99. The monoisotopic (exact) mass is 339 g/mol. The number of piperidine rings is 1. The number of hydrogen-bond donors (Lipinski definition) is 0. The van der Waals surface area contributed by atoms with Gasteiger partial charge < -0.3 is 14.4 Å². The molecule has 0 spiro atoms. The molecule has 122 valence electrons. The molecule has 1 unspecified atom stereocenters. The van der Waals surface area contributed by atoms with Crippen LogP contribution < -0.4 is 4.74 Å². The number of amides is 1. The van der Waals surface area contributed by atoms with Gasteiger partial charge in [-0.2, -0.15) is 13.2 Å². The second-order valence-corrected chi connectivity index (χ2v) is 5.12. The predicted octanol–water partition coefficient (Wildman–Crippen LogP) is 2.67. The van der Waals surface area contributed by atoms with Gasteiger partial charge in [0.2, 0.25) is 0 Å². The van der Waals surface area contributed by atoms with Crippen LogP contribution >= 0.6 is 11.6 Å². The average molecular weight is 340 g/mol. The number of halogens is 4. The predicted molar refractivity (Wildman–Crippen MR) is 69.7 cm³/mol. The van der Waals surface area contributed by atoms with Crippen LogP contribution in [0.15, 0.2) is 12.4 Å². The molecule has 6 nitrogen and oxygen atoms in total. The second-order valence-electron chi connectivity index (χ2n) is 4.68. The topological polar surface area (TPSA) is 64.5 Å². The summed E-state index contributed by atoms with van der Waals surface area (Å²) in [6.07, 6.45) is -2.02. The molecule has 1 amide bonds. The van der Waals surface area contributed by atoms with E-state index in [-0.39, 0.29) is 12.6 Å². The smallest absolute Gasteiger partial charge is 0.422 e. The summed E-state index contributed by atoms with van der Waals surface area (Å²) in [5.41, 5.74) is 0. The molecule has 0 aliphatic carbocycles. The first-order chi connectivity index (χ1) is 10.3. The van der Waals surface area contributed by atoms with E-state index < -0.39 is 25.0 Å². The molecule has 10 heteroatoms. The molecule has 1 atom stereocenters. The van der Waals surface area contributed by atoms with Crippen molar-refractivity contribution in [3.63, 3.8) is 0 Å². The van der Waals surface area contributed by atoms with Crippen molar-refractivity contribution in [2.45, 2.75) is 25.1 Å². The zero-order chi connectivity index (χ0) is 16.2. The van der Waals surface area contributed by atoms with Crippen LogP contribution in [0, 0.1) is 0 Å². The van der Waals surface area contributed by atoms with E-state index >= 15 is 0 Å². The van der Waals surface area contributed by atoms with E-state index in [1.165, 1.54) is 17.3 Å². The largest absolute Gasteiger partial charge is 0.458 e. The Hall–Kier alpha value is -1.77. The molecule has 1 aromatic heterocycles. The molecule has 0 N–H and O–H groups in total. The van der Waals surface area contributed by atoms with Crippen LogP contribution in [0.3, 0.4) is 0 Å². The van der Waals surface area contributed by atoms with Gasteiger partial charge in [0.15, 0.2) is 6.61 Å². The summed E-state index contributed by atoms with van der Waals surface area (Å²) in [6.45, 7) is -1.17. The molecule has 0 bridgehead atoms. The van der Waals surface area contributed by atoms with Crippen LogP contribution in [-0.4, -0.2) is 52.9 Å². The lowest BCUT2D eigenvalue weighted by Crippen LogP contribution is -2.45. The van der Waals surface area contributed by atoms with Gasteiger partial charge in [0, 0.05) is 6.54 Å². The zero-order valence-electron chi connectivity index (χ0n) is 11.3. The Balaban J connectivity index is 1.85. The molecular formula is C12H13ClF3N3O3. The Morgan fingerprint density at radius 2 is 2.09 bits per heavy atom. The van der Waals surface area contributed by atoms with Crippen molar-refractivity contribution in [1.29, 1.82) is 0 Å². The minimum atomic E-state index is -4.54. The van der Waals surface area contributed by atoms with Gasteiger partial charge in [-0.25, -0.2) is 14.8 Å². The Morgan fingerprint density at radius 3 is 2.73 bits per heavy atom. The van der Waals surface area contributed by atoms with Gasteiger partial charge in [0.25, 0.3) is 0 Å². The Labute approximate surface area is 129 Å². The third-order valence-electron chi connectivity index (χ3n) is 2.86. The van der Waals surface area contributed by atoms with Crippen molar-refractivity contribution in [2.75, 3.05) is 19.7 Å². The number of hydrogen-bond acceptors (Lipinski definition) is 5. The van der Waals surface area contributed by atoms with E-state index in [9.17, 15) is 18.0 Å². The first-order valence-corrected chi connectivity index (χ1v) is 6.84. The van der Waals surface area contributed by atoms with Crippen molar-refractivity contribution < 1.29 is 27.4 Å². The highest BCUT2D eigenvalue weighted by Crippen LogP contribution is 2.19. The SMILES string of the molecule is O=C(OCC(F)(F)F)N1CCCC(Oc2ncc(Cl)cn2)C1. The lowest BCUT2D eigenvalue weighted by molar-refractivity contribution is -0.162. The minimum absolute atomic E-state index is 0.0971. The van der Waals surface area contributed by atoms with Crippen LogP contribution in [-0.2, 0) is 4.74 Å². The van der Waals surface area contributed by atoms with Crippen LogP contribution in [0.25, 0.3) is 0 Å². The number of alkyl halides is 3. The molecule has 1 saturated heterocycles. The Morgan fingerprint density at radius 1 is 1.41 bits per heavy atom. The molecule has 0 aromatic carbocycles. The van der Waals surface area contributed by atoms with Crippen molar-refractivity contribution in [3.05, 3.63) is 17.4 Å². The van der Waals surface area contributed by atoms with E-state index in [0.29, 0.717) is 24.4 Å². The standard InChI is InChI=1S/C12H13ClF3N3O3/c13-8-4-17-10(18-5-8)22-9-2-1-3-19(6-9)11(20)21-7-12(14,15)16/h4-5,9H,1-3,6-7H2. The van der Waals surface area contributed by atoms with E-state index in [0.717, 1.165) is 0 Å². The van der Waals surface area contributed by atoms with Crippen LogP contribution in [0.1, 0.15) is 12.8 Å².